The van der Waals surface area contributed by atoms with E-state index in [0.717, 1.165) is 0 Å². The van der Waals surface area contributed by atoms with Gasteiger partial charge in [-0.3, -0.25) is 4.89 Å². The van der Waals surface area contributed by atoms with Gasteiger partial charge in [-0.1, -0.05) is 30.9 Å². The van der Waals surface area contributed by atoms with E-state index >= 15 is 0 Å². The Bertz CT molecular complexity index is 404. The second-order valence-corrected chi connectivity index (χ2v) is 4.37. The Morgan fingerprint density at radius 3 is 2.53 bits per heavy atom. The van der Waals surface area contributed by atoms with E-state index in [4.69, 9.17) is 9.62 Å². The maximum atomic E-state index is 11.3. The van der Waals surface area contributed by atoms with Gasteiger partial charge < -0.3 is 4.74 Å². The molecule has 0 aliphatic heterocycles. The maximum absolute atomic E-state index is 11.3. The Morgan fingerprint density at radius 1 is 1.29 bits per heavy atom. The van der Waals surface area contributed by atoms with Gasteiger partial charge in [0.05, 0.1) is 0 Å². The lowest BCUT2D eigenvalue weighted by Crippen LogP contribution is -2.23. The first-order valence-electron chi connectivity index (χ1n) is 5.21. The fraction of sp³-hybridized carbons (Fsp3) is 0.308. The lowest BCUT2D eigenvalue weighted by Gasteiger charge is -2.16. The molecule has 92 valence electrons. The highest BCUT2D eigenvalue weighted by molar-refractivity contribution is 5.66. The Morgan fingerprint density at radius 2 is 1.94 bits per heavy atom. The second kappa shape index (κ2) is 5.50. The van der Waals surface area contributed by atoms with Gasteiger partial charge in [0.1, 0.15) is 11.4 Å². The Hall–Kier alpha value is -1.81. The molecule has 0 unspecified atom stereocenters. The van der Waals surface area contributed by atoms with Gasteiger partial charge in [-0.2, -0.15) is 4.89 Å². The molecular weight excluding hydrogens is 220 g/mol. The van der Waals surface area contributed by atoms with Crippen molar-refractivity contribution in [3.05, 3.63) is 36.4 Å². The van der Waals surface area contributed by atoms with Gasteiger partial charge in [0.15, 0.2) is 0 Å². The van der Waals surface area contributed by atoms with Crippen molar-refractivity contribution in [3.63, 3.8) is 0 Å². The van der Waals surface area contributed by atoms with Crippen LogP contribution in [-0.4, -0.2) is 11.8 Å². The van der Waals surface area contributed by atoms with Crippen molar-refractivity contribution in [3.8, 4) is 5.75 Å². The van der Waals surface area contributed by atoms with Crippen LogP contribution >= 0.6 is 0 Å². The molecule has 0 atom stereocenters. The molecule has 0 heterocycles. The first kappa shape index (κ1) is 13.3. The Balaban J connectivity index is 2.59. The predicted molar refractivity (Wildman–Crippen MR) is 64.5 cm³/mol. The van der Waals surface area contributed by atoms with Gasteiger partial charge in [0, 0.05) is 5.56 Å². The van der Waals surface area contributed by atoms with Crippen molar-refractivity contribution in [2.45, 2.75) is 26.4 Å². The molecule has 0 aliphatic rings. The van der Waals surface area contributed by atoms with Gasteiger partial charge in [-0.05, 0) is 26.8 Å². The normalized spacial score (nSPS) is 10.8. The summed E-state index contributed by atoms with van der Waals surface area (Å²) in [5.41, 5.74) is 0.136. The van der Waals surface area contributed by atoms with Crippen LogP contribution in [-0.2, 0) is 9.78 Å². The highest BCUT2D eigenvalue weighted by atomic mass is 17.2. The summed E-state index contributed by atoms with van der Waals surface area (Å²) in [7, 11) is 0. The van der Waals surface area contributed by atoms with Gasteiger partial charge in [0.2, 0.25) is 0 Å². The number of hydrogen-bond acceptors (Lipinski definition) is 4. The standard InChI is InChI=1S/C13H16O4/c1-5-10-8-6-7-9-11(10)15-12(14)16-17-13(2,3)4/h5-9H,1H2,2-4H3. The van der Waals surface area contributed by atoms with E-state index in [2.05, 4.69) is 11.5 Å². The molecule has 0 saturated heterocycles. The summed E-state index contributed by atoms with van der Waals surface area (Å²) in [6, 6.07) is 7.00. The molecule has 0 saturated carbocycles. The molecule has 0 bridgehead atoms. The summed E-state index contributed by atoms with van der Waals surface area (Å²) in [6.07, 6.45) is 0.682. The minimum atomic E-state index is -0.908. The van der Waals surface area contributed by atoms with Gasteiger partial charge in [-0.25, -0.2) is 4.79 Å². The molecule has 0 aromatic heterocycles. The first-order valence-corrected chi connectivity index (χ1v) is 5.21. The van der Waals surface area contributed by atoms with Crippen molar-refractivity contribution in [1.29, 1.82) is 0 Å². The number of carbonyl (C=O) groups excluding carboxylic acids is 1. The summed E-state index contributed by atoms with van der Waals surface area (Å²) >= 11 is 0. The zero-order chi connectivity index (χ0) is 12.9. The quantitative estimate of drug-likeness (QED) is 0.348. The number of hydrogen-bond donors (Lipinski definition) is 0. The third kappa shape index (κ3) is 4.70. The van der Waals surface area contributed by atoms with E-state index in [0.29, 0.717) is 11.3 Å². The minimum absolute atomic E-state index is 0.380. The monoisotopic (exact) mass is 236 g/mol. The van der Waals surface area contributed by atoms with Crippen molar-refractivity contribution in [1.82, 2.24) is 0 Å². The molecule has 0 fully saturated rings. The van der Waals surface area contributed by atoms with Crippen molar-refractivity contribution < 1.29 is 19.3 Å². The maximum Gasteiger partial charge on any atom is 0.546 e. The fourth-order valence-corrected chi connectivity index (χ4v) is 1.01. The van der Waals surface area contributed by atoms with Crippen molar-refractivity contribution in [2.24, 2.45) is 0 Å². The number of ether oxygens (including phenoxy) is 1. The zero-order valence-corrected chi connectivity index (χ0v) is 10.2. The van der Waals surface area contributed by atoms with Crippen LogP contribution in [0.25, 0.3) is 6.08 Å². The first-order chi connectivity index (χ1) is 7.92. The van der Waals surface area contributed by atoms with Crippen LogP contribution in [0.1, 0.15) is 26.3 Å². The molecule has 0 radical (unpaired) electrons. The summed E-state index contributed by atoms with van der Waals surface area (Å²) in [4.78, 5) is 20.7. The fourth-order valence-electron chi connectivity index (χ4n) is 1.01. The Labute approximate surface area is 101 Å². The largest absolute Gasteiger partial charge is 0.546 e. The third-order valence-corrected chi connectivity index (χ3v) is 1.69. The van der Waals surface area contributed by atoms with Crippen molar-refractivity contribution in [2.75, 3.05) is 0 Å². The molecule has 1 aromatic rings. The smallest absolute Gasteiger partial charge is 0.392 e. The van der Waals surface area contributed by atoms with Crippen LogP contribution < -0.4 is 4.74 Å². The molecule has 0 spiro atoms. The van der Waals surface area contributed by atoms with Crippen LogP contribution in [0.5, 0.6) is 5.75 Å². The summed E-state index contributed by atoms with van der Waals surface area (Å²) < 4.78 is 4.97. The summed E-state index contributed by atoms with van der Waals surface area (Å²) in [5.74, 6) is 0.380. The molecule has 4 heteroatoms. The second-order valence-electron chi connectivity index (χ2n) is 4.37. The molecule has 1 rings (SSSR count). The van der Waals surface area contributed by atoms with Crippen LogP contribution in [0.4, 0.5) is 4.79 Å². The van der Waals surface area contributed by atoms with E-state index in [1.165, 1.54) is 0 Å². The Kier molecular flexibility index (Phi) is 4.29. The van der Waals surface area contributed by atoms with Crippen LogP contribution in [0.15, 0.2) is 30.8 Å². The highest BCUT2D eigenvalue weighted by Gasteiger charge is 2.17. The van der Waals surface area contributed by atoms with E-state index in [9.17, 15) is 4.79 Å². The molecular formula is C13H16O4. The van der Waals surface area contributed by atoms with E-state index < -0.39 is 11.8 Å². The third-order valence-electron chi connectivity index (χ3n) is 1.69. The van der Waals surface area contributed by atoms with Gasteiger partial charge >= 0.3 is 6.16 Å². The molecule has 1 aromatic carbocycles. The summed E-state index contributed by atoms with van der Waals surface area (Å²) in [5, 5.41) is 0. The SMILES string of the molecule is C=Cc1ccccc1OC(=O)OOC(C)(C)C. The summed E-state index contributed by atoms with van der Waals surface area (Å²) in [6.45, 7) is 8.91. The average molecular weight is 236 g/mol. The van der Waals surface area contributed by atoms with Gasteiger partial charge in [-0.15, -0.1) is 0 Å². The predicted octanol–water partition coefficient (Wildman–Crippen LogP) is 3.58. The van der Waals surface area contributed by atoms with E-state index in [1.54, 1.807) is 45.0 Å². The van der Waals surface area contributed by atoms with E-state index in [1.807, 2.05) is 6.07 Å². The minimum Gasteiger partial charge on any atom is -0.392 e. The average Bonchev–Trinajstić information content (AvgIpc) is 2.26. The molecule has 0 amide bonds. The lowest BCUT2D eigenvalue weighted by atomic mass is 10.2. The number of carbonyl (C=O) groups is 1. The lowest BCUT2D eigenvalue weighted by molar-refractivity contribution is -0.307. The molecule has 0 N–H and O–H groups in total. The van der Waals surface area contributed by atoms with Crippen LogP contribution in [0.3, 0.4) is 0 Å². The number of benzene rings is 1. The topological polar surface area (TPSA) is 44.8 Å². The highest BCUT2D eigenvalue weighted by Crippen LogP contribution is 2.19. The molecule has 17 heavy (non-hydrogen) atoms. The zero-order valence-electron chi connectivity index (χ0n) is 10.2. The van der Waals surface area contributed by atoms with Crippen LogP contribution in [0.2, 0.25) is 0 Å². The van der Waals surface area contributed by atoms with Crippen LogP contribution in [0, 0.1) is 0 Å². The molecule has 0 aliphatic carbocycles. The van der Waals surface area contributed by atoms with Crippen molar-refractivity contribution >= 4 is 12.2 Å². The number of para-hydroxylation sites is 1. The molecule has 4 nitrogen and oxygen atoms in total. The van der Waals surface area contributed by atoms with E-state index in [-0.39, 0.29) is 0 Å². The number of rotatable bonds is 3. The van der Waals surface area contributed by atoms with Gasteiger partial charge in [0.25, 0.3) is 0 Å².